The first-order valence-corrected chi connectivity index (χ1v) is 7.82. The van der Waals surface area contributed by atoms with Crippen molar-refractivity contribution in [1.82, 2.24) is 5.32 Å². The Labute approximate surface area is 128 Å². The predicted molar refractivity (Wildman–Crippen MR) is 82.5 cm³/mol. The van der Waals surface area contributed by atoms with Crippen LogP contribution in [0.3, 0.4) is 0 Å². The highest BCUT2D eigenvalue weighted by atomic mass is 79.9. The van der Waals surface area contributed by atoms with Crippen molar-refractivity contribution in [2.45, 2.75) is 38.3 Å². The second-order valence-electron chi connectivity index (χ2n) is 5.12. The topological polar surface area (TPSA) is 50.7 Å². The average Bonchev–Trinajstić information content (AvgIpc) is 3.22. The number of rotatable bonds is 8. The van der Waals surface area contributed by atoms with Crippen molar-refractivity contribution < 1.29 is 14.6 Å². The van der Waals surface area contributed by atoms with E-state index in [4.69, 9.17) is 14.6 Å². The maximum absolute atomic E-state index is 8.84. The average molecular weight is 344 g/mol. The lowest BCUT2D eigenvalue weighted by Gasteiger charge is -2.18. The molecule has 1 fully saturated rings. The van der Waals surface area contributed by atoms with Gasteiger partial charge in [-0.05, 0) is 53.4 Å². The number of benzene rings is 1. The first-order chi connectivity index (χ1) is 9.65. The lowest BCUT2D eigenvalue weighted by atomic mass is 10.1. The quantitative estimate of drug-likeness (QED) is 0.712. The summed E-state index contributed by atoms with van der Waals surface area (Å²) in [5.74, 6) is 1.42. The van der Waals surface area contributed by atoms with E-state index in [2.05, 4.69) is 34.2 Å². The number of aliphatic hydroxyl groups is 1. The van der Waals surface area contributed by atoms with E-state index < -0.39 is 0 Å². The number of aliphatic hydroxyl groups excluding tert-OH is 1. The molecule has 1 aliphatic rings. The van der Waals surface area contributed by atoms with Gasteiger partial charge in [0.1, 0.15) is 0 Å². The van der Waals surface area contributed by atoms with Crippen molar-refractivity contribution in [2.75, 3.05) is 20.3 Å². The molecule has 1 atom stereocenters. The molecule has 1 aromatic rings. The minimum Gasteiger partial charge on any atom is -0.492 e. The van der Waals surface area contributed by atoms with E-state index in [-0.39, 0.29) is 12.6 Å². The Kier molecular flexibility index (Phi) is 5.69. The van der Waals surface area contributed by atoms with Crippen LogP contribution < -0.4 is 14.8 Å². The molecule has 112 valence electrons. The van der Waals surface area contributed by atoms with Crippen LogP contribution in [0.5, 0.6) is 11.5 Å². The Morgan fingerprint density at radius 1 is 1.45 bits per heavy atom. The van der Waals surface area contributed by atoms with Gasteiger partial charge in [-0.2, -0.15) is 0 Å². The first kappa shape index (κ1) is 15.6. The van der Waals surface area contributed by atoms with Gasteiger partial charge in [-0.3, -0.25) is 0 Å². The second kappa shape index (κ2) is 7.29. The number of nitrogens with one attached hydrogen (secondary N) is 1. The zero-order chi connectivity index (χ0) is 14.5. The van der Waals surface area contributed by atoms with Crippen molar-refractivity contribution in [1.29, 1.82) is 0 Å². The third-order valence-electron chi connectivity index (χ3n) is 3.36. The fourth-order valence-electron chi connectivity index (χ4n) is 2.09. The highest BCUT2D eigenvalue weighted by Gasteiger charge is 2.24. The third kappa shape index (κ3) is 4.11. The summed E-state index contributed by atoms with van der Waals surface area (Å²) in [5.41, 5.74) is 1.17. The van der Waals surface area contributed by atoms with Crippen molar-refractivity contribution in [3.63, 3.8) is 0 Å². The molecule has 2 N–H and O–H groups in total. The van der Waals surface area contributed by atoms with Gasteiger partial charge in [-0.25, -0.2) is 0 Å². The van der Waals surface area contributed by atoms with Crippen LogP contribution in [0, 0.1) is 0 Å². The van der Waals surface area contributed by atoms with Gasteiger partial charge in [0.2, 0.25) is 0 Å². The summed E-state index contributed by atoms with van der Waals surface area (Å²) >= 11 is 3.54. The molecule has 0 aliphatic heterocycles. The maximum Gasteiger partial charge on any atom is 0.174 e. The van der Waals surface area contributed by atoms with E-state index >= 15 is 0 Å². The van der Waals surface area contributed by atoms with Gasteiger partial charge in [-0.1, -0.05) is 0 Å². The third-order valence-corrected chi connectivity index (χ3v) is 3.95. The normalized spacial score (nSPS) is 16.0. The lowest BCUT2D eigenvalue weighted by Crippen LogP contribution is -2.20. The van der Waals surface area contributed by atoms with Crippen LogP contribution in [0.4, 0.5) is 0 Å². The summed E-state index contributed by atoms with van der Waals surface area (Å²) in [6.45, 7) is 2.76. The molecule has 1 unspecified atom stereocenters. The zero-order valence-electron chi connectivity index (χ0n) is 12.0. The van der Waals surface area contributed by atoms with Crippen LogP contribution >= 0.6 is 15.9 Å². The fourth-order valence-corrected chi connectivity index (χ4v) is 2.71. The minimum atomic E-state index is 0.128. The number of hydrogen-bond acceptors (Lipinski definition) is 4. The number of hydrogen-bond donors (Lipinski definition) is 2. The minimum absolute atomic E-state index is 0.128. The van der Waals surface area contributed by atoms with E-state index in [1.54, 1.807) is 7.11 Å². The summed E-state index contributed by atoms with van der Waals surface area (Å²) < 4.78 is 12.0. The standard InChI is InChI=1S/C15H22BrNO3/c1-10(17-12-4-5-12)11-8-13(16)15(19-2)14(9-11)20-7-3-6-18/h8-10,12,17-18H,3-7H2,1-2H3. The molecular formula is C15H22BrNO3. The number of halogens is 1. The molecular weight excluding hydrogens is 322 g/mol. The molecule has 0 radical (unpaired) electrons. The Morgan fingerprint density at radius 2 is 2.20 bits per heavy atom. The summed E-state index contributed by atoms with van der Waals surface area (Å²) in [4.78, 5) is 0. The van der Waals surface area contributed by atoms with Crippen LogP contribution in [0.2, 0.25) is 0 Å². The Balaban J connectivity index is 2.15. The van der Waals surface area contributed by atoms with Gasteiger partial charge in [0.05, 0.1) is 18.2 Å². The summed E-state index contributed by atoms with van der Waals surface area (Å²) in [7, 11) is 1.63. The molecule has 5 heteroatoms. The zero-order valence-corrected chi connectivity index (χ0v) is 13.6. The van der Waals surface area contributed by atoms with E-state index in [0.717, 1.165) is 10.2 Å². The number of ether oxygens (including phenoxy) is 2. The molecule has 0 saturated heterocycles. The van der Waals surface area contributed by atoms with Crippen LogP contribution in [0.15, 0.2) is 16.6 Å². The molecule has 20 heavy (non-hydrogen) atoms. The molecule has 2 rings (SSSR count). The summed E-state index contributed by atoms with van der Waals surface area (Å²) in [6.07, 6.45) is 3.14. The van der Waals surface area contributed by atoms with Crippen LogP contribution in [0.25, 0.3) is 0 Å². The molecule has 0 amide bonds. The summed E-state index contributed by atoms with van der Waals surface area (Å²) in [6, 6.07) is 5.02. The van der Waals surface area contributed by atoms with E-state index in [9.17, 15) is 0 Å². The largest absolute Gasteiger partial charge is 0.492 e. The molecule has 0 spiro atoms. The number of methoxy groups -OCH3 is 1. The van der Waals surface area contributed by atoms with Crippen LogP contribution in [-0.4, -0.2) is 31.5 Å². The molecule has 0 aromatic heterocycles. The molecule has 4 nitrogen and oxygen atoms in total. The monoisotopic (exact) mass is 343 g/mol. The molecule has 0 heterocycles. The van der Waals surface area contributed by atoms with Crippen molar-refractivity contribution in [3.8, 4) is 11.5 Å². The van der Waals surface area contributed by atoms with Gasteiger partial charge in [0.15, 0.2) is 11.5 Å². The Morgan fingerprint density at radius 3 is 2.80 bits per heavy atom. The van der Waals surface area contributed by atoms with Crippen molar-refractivity contribution in [2.24, 2.45) is 0 Å². The van der Waals surface area contributed by atoms with Gasteiger partial charge in [0.25, 0.3) is 0 Å². The van der Waals surface area contributed by atoms with Crippen LogP contribution in [0.1, 0.15) is 37.8 Å². The smallest absolute Gasteiger partial charge is 0.174 e. The van der Waals surface area contributed by atoms with Crippen molar-refractivity contribution >= 4 is 15.9 Å². The van der Waals surface area contributed by atoms with Gasteiger partial charge < -0.3 is 19.9 Å². The Bertz CT molecular complexity index is 449. The van der Waals surface area contributed by atoms with E-state index in [0.29, 0.717) is 24.8 Å². The van der Waals surface area contributed by atoms with Gasteiger partial charge >= 0.3 is 0 Å². The van der Waals surface area contributed by atoms with Crippen LogP contribution in [-0.2, 0) is 0 Å². The molecule has 1 aromatic carbocycles. The summed E-state index contributed by atoms with van der Waals surface area (Å²) in [5, 5.41) is 12.4. The molecule has 1 saturated carbocycles. The lowest BCUT2D eigenvalue weighted by molar-refractivity contribution is 0.227. The van der Waals surface area contributed by atoms with Gasteiger partial charge in [0, 0.05) is 25.1 Å². The van der Waals surface area contributed by atoms with E-state index in [1.165, 1.54) is 18.4 Å². The SMILES string of the molecule is COc1c(Br)cc(C(C)NC2CC2)cc1OCCCO. The Hall–Kier alpha value is -0.780. The molecule has 0 bridgehead atoms. The first-order valence-electron chi connectivity index (χ1n) is 7.02. The fraction of sp³-hybridized carbons (Fsp3) is 0.600. The van der Waals surface area contributed by atoms with Gasteiger partial charge in [-0.15, -0.1) is 0 Å². The second-order valence-corrected chi connectivity index (χ2v) is 5.98. The highest BCUT2D eigenvalue weighted by molar-refractivity contribution is 9.10. The van der Waals surface area contributed by atoms with Crippen molar-refractivity contribution in [3.05, 3.63) is 22.2 Å². The molecule has 1 aliphatic carbocycles. The maximum atomic E-state index is 8.84. The highest BCUT2D eigenvalue weighted by Crippen LogP contribution is 2.38. The predicted octanol–water partition coefficient (Wildman–Crippen LogP) is 3.03. The van der Waals surface area contributed by atoms with E-state index in [1.807, 2.05) is 6.07 Å².